The van der Waals surface area contributed by atoms with E-state index >= 15 is 0 Å². The number of aliphatic carboxylic acids is 2. The molecule has 388 valence electrons. The summed E-state index contributed by atoms with van der Waals surface area (Å²) >= 11 is 3.06. The van der Waals surface area contributed by atoms with E-state index in [2.05, 4.69) is 26.6 Å². The number of hydrogen-bond acceptors (Lipinski definition) is 12. The minimum absolute atomic E-state index is 0.00290. The fraction of sp³-hybridized carbons (Fsp3) is 0.830. The molecule has 0 aliphatic heterocycles. The van der Waals surface area contributed by atoms with Crippen molar-refractivity contribution >= 4 is 70.9 Å². The molecule has 18 nitrogen and oxygen atoms in total. The number of nitrogens with zero attached hydrogens (tertiary/aromatic N) is 1. The van der Waals surface area contributed by atoms with Crippen molar-refractivity contribution in [3.05, 3.63) is 0 Å². The minimum Gasteiger partial charge on any atom is -0.481 e. The molecule has 7 N–H and O–H groups in total. The summed E-state index contributed by atoms with van der Waals surface area (Å²) in [6, 6.07) is -1.09. The molecule has 0 aromatic carbocycles. The smallest absolute Gasteiger partial charge is 0.326 e. The standard InChI is InChI=1S/C47H86N6O12S2/c1-33(2)66-30-39(56)48-20-22-53(23-21-49-40(57)31-67-34(3)4)41(58)16-15-37(54)50-29-35(5)17-24-64-26-27-65-25-18-38(55)52-47(10,11)19-13-12-14-36(43(61)62)51-44(63)46(8,9)32-45(6,7)28-42(59)60/h33-36H,12-32H2,1-11H3,(H,48,56)(H,49,57)(H,50,54)(H,51,63)(H,52,55)(H,59,60)(H,61,62)/t35?,36-/m0/s1. The average molecular weight is 991 g/mol. The number of carboxylic acids is 2. The third-order valence-corrected chi connectivity index (χ3v) is 12.7. The van der Waals surface area contributed by atoms with Gasteiger partial charge in [0.05, 0.1) is 37.7 Å². The number of thioether (sulfide) groups is 2. The molecule has 0 fully saturated rings. The average Bonchev–Trinajstić information content (AvgIpc) is 3.20. The predicted molar refractivity (Wildman–Crippen MR) is 265 cm³/mol. The number of amides is 6. The van der Waals surface area contributed by atoms with Crippen molar-refractivity contribution in [1.82, 2.24) is 31.5 Å². The van der Waals surface area contributed by atoms with E-state index in [4.69, 9.17) is 9.47 Å². The fourth-order valence-electron chi connectivity index (χ4n) is 7.01. The first-order valence-electron chi connectivity index (χ1n) is 23.7. The van der Waals surface area contributed by atoms with Crippen molar-refractivity contribution < 1.29 is 58.0 Å². The van der Waals surface area contributed by atoms with E-state index in [9.17, 15) is 48.6 Å². The van der Waals surface area contributed by atoms with Gasteiger partial charge in [-0.25, -0.2) is 4.79 Å². The molecule has 67 heavy (non-hydrogen) atoms. The molecule has 0 rings (SSSR count). The molecule has 0 aliphatic rings. The summed E-state index contributed by atoms with van der Waals surface area (Å²) in [6.45, 7) is 23.5. The summed E-state index contributed by atoms with van der Waals surface area (Å²) in [7, 11) is 0. The summed E-state index contributed by atoms with van der Waals surface area (Å²) in [5.74, 6) is -2.65. The van der Waals surface area contributed by atoms with Crippen LogP contribution >= 0.6 is 23.5 Å². The third kappa shape index (κ3) is 34.3. The molecular formula is C47H86N6O12S2. The van der Waals surface area contributed by atoms with Gasteiger partial charge in [-0.15, -0.1) is 23.5 Å². The summed E-state index contributed by atoms with van der Waals surface area (Å²) in [4.78, 5) is 100. The van der Waals surface area contributed by atoms with Crippen LogP contribution in [-0.2, 0) is 47.8 Å². The Balaban J connectivity index is 4.45. The lowest BCUT2D eigenvalue weighted by Crippen LogP contribution is -2.48. The quantitative estimate of drug-likeness (QED) is 0.0415. The maximum absolute atomic E-state index is 13.1. The van der Waals surface area contributed by atoms with E-state index in [1.807, 2.05) is 48.5 Å². The summed E-state index contributed by atoms with van der Waals surface area (Å²) < 4.78 is 11.3. The summed E-state index contributed by atoms with van der Waals surface area (Å²) in [6.07, 6.45) is 2.93. The summed E-state index contributed by atoms with van der Waals surface area (Å²) in [5.41, 5.74) is -2.17. The van der Waals surface area contributed by atoms with Gasteiger partial charge in [-0.3, -0.25) is 33.6 Å². The maximum atomic E-state index is 13.1. The molecule has 0 spiro atoms. The predicted octanol–water partition coefficient (Wildman–Crippen LogP) is 4.62. The van der Waals surface area contributed by atoms with Crippen LogP contribution in [0.5, 0.6) is 0 Å². The first-order valence-corrected chi connectivity index (χ1v) is 25.8. The molecule has 6 amide bonds. The highest BCUT2D eigenvalue weighted by Gasteiger charge is 2.37. The molecule has 0 aliphatic carbocycles. The molecule has 0 aromatic rings. The largest absolute Gasteiger partial charge is 0.481 e. The number of hydrogen-bond donors (Lipinski definition) is 7. The van der Waals surface area contributed by atoms with Crippen LogP contribution in [0, 0.1) is 16.7 Å². The van der Waals surface area contributed by atoms with Gasteiger partial charge < -0.3 is 51.2 Å². The third-order valence-electron chi connectivity index (χ3n) is 10.5. The monoisotopic (exact) mass is 991 g/mol. The van der Waals surface area contributed by atoms with Crippen molar-refractivity contribution in [2.75, 3.05) is 70.7 Å². The van der Waals surface area contributed by atoms with E-state index < -0.39 is 40.3 Å². The molecule has 0 saturated heterocycles. The van der Waals surface area contributed by atoms with Crippen LogP contribution in [0.4, 0.5) is 0 Å². The van der Waals surface area contributed by atoms with E-state index in [1.165, 1.54) is 23.5 Å². The van der Waals surface area contributed by atoms with Crippen molar-refractivity contribution in [1.29, 1.82) is 0 Å². The number of rotatable bonds is 39. The highest BCUT2D eigenvalue weighted by molar-refractivity contribution is 8.00. The van der Waals surface area contributed by atoms with E-state index in [-0.39, 0.29) is 107 Å². The molecule has 1 unspecified atom stereocenters. The van der Waals surface area contributed by atoms with Gasteiger partial charge >= 0.3 is 11.9 Å². The van der Waals surface area contributed by atoms with E-state index in [1.54, 1.807) is 32.6 Å². The molecule has 0 heterocycles. The maximum Gasteiger partial charge on any atom is 0.326 e. The molecule has 0 radical (unpaired) electrons. The minimum atomic E-state index is -1.14. The Kier molecular flexibility index (Phi) is 32.0. The van der Waals surface area contributed by atoms with Gasteiger partial charge in [-0.05, 0) is 61.4 Å². The second-order valence-corrected chi connectivity index (χ2v) is 22.9. The highest BCUT2D eigenvalue weighted by Crippen LogP contribution is 2.36. The molecule has 20 heteroatoms. The zero-order valence-corrected chi connectivity index (χ0v) is 44.0. The normalized spacial score (nSPS) is 12.9. The van der Waals surface area contributed by atoms with Crippen LogP contribution in [-0.4, -0.2) is 155 Å². The lowest BCUT2D eigenvalue weighted by atomic mass is 9.73. The van der Waals surface area contributed by atoms with Gasteiger partial charge in [0.2, 0.25) is 35.4 Å². The fourth-order valence-corrected chi connectivity index (χ4v) is 8.19. The van der Waals surface area contributed by atoms with Crippen molar-refractivity contribution in [2.45, 2.75) is 162 Å². The number of unbranched alkanes of at least 4 members (excludes halogenated alkanes) is 1. The van der Waals surface area contributed by atoms with E-state index in [0.717, 1.165) is 0 Å². The first kappa shape index (κ1) is 63.4. The Morgan fingerprint density at radius 1 is 0.642 bits per heavy atom. The van der Waals surface area contributed by atoms with Gasteiger partial charge in [0.1, 0.15) is 6.04 Å². The van der Waals surface area contributed by atoms with Crippen molar-refractivity contribution in [2.24, 2.45) is 16.7 Å². The van der Waals surface area contributed by atoms with E-state index in [0.29, 0.717) is 74.1 Å². The van der Waals surface area contributed by atoms with Crippen molar-refractivity contribution in [3.8, 4) is 0 Å². The van der Waals surface area contributed by atoms with Gasteiger partial charge in [-0.2, -0.15) is 0 Å². The van der Waals surface area contributed by atoms with Gasteiger partial charge in [0, 0.05) is 69.5 Å². The Labute approximate surface area is 408 Å². The number of carboxylic acid groups (broad SMARTS) is 2. The van der Waals surface area contributed by atoms with Crippen LogP contribution < -0.4 is 26.6 Å². The van der Waals surface area contributed by atoms with Crippen LogP contribution in [0.3, 0.4) is 0 Å². The Hall–Kier alpha value is -3.62. The number of carbonyl (C=O) groups excluding carboxylic acids is 6. The van der Waals surface area contributed by atoms with Crippen LogP contribution in [0.2, 0.25) is 0 Å². The van der Waals surface area contributed by atoms with Gasteiger partial charge in [0.15, 0.2) is 0 Å². The van der Waals surface area contributed by atoms with Gasteiger partial charge in [-0.1, -0.05) is 75.2 Å². The Bertz CT molecular complexity index is 1520. The lowest BCUT2D eigenvalue weighted by molar-refractivity contribution is -0.144. The number of ether oxygens (including phenoxy) is 2. The second-order valence-electron chi connectivity index (χ2n) is 19.8. The molecule has 0 aromatic heterocycles. The molecule has 0 saturated carbocycles. The van der Waals surface area contributed by atoms with Crippen LogP contribution in [0.25, 0.3) is 0 Å². The zero-order chi connectivity index (χ0) is 51.2. The lowest BCUT2D eigenvalue weighted by Gasteiger charge is -2.33. The molecule has 0 bridgehead atoms. The Morgan fingerprint density at radius 3 is 1.72 bits per heavy atom. The highest BCUT2D eigenvalue weighted by atomic mass is 32.2. The second kappa shape index (κ2) is 33.8. The van der Waals surface area contributed by atoms with Crippen molar-refractivity contribution in [3.63, 3.8) is 0 Å². The SMILES string of the molecule is CC(CCOCCOCCC(=O)NC(C)(C)CCCC[C@H](NC(=O)C(C)(C)CC(C)(C)CC(=O)O)C(=O)O)CNC(=O)CCC(=O)N(CCNC(=O)CSC(C)C)CCNC(=O)CSC(C)C. The Morgan fingerprint density at radius 2 is 1.19 bits per heavy atom. The van der Waals surface area contributed by atoms with Crippen LogP contribution in [0.1, 0.15) is 140 Å². The van der Waals surface area contributed by atoms with Gasteiger partial charge in [0.25, 0.3) is 0 Å². The zero-order valence-electron chi connectivity index (χ0n) is 42.4. The summed E-state index contributed by atoms with van der Waals surface area (Å²) in [5, 5.41) is 33.8. The topological polar surface area (TPSA) is 259 Å². The first-order chi connectivity index (χ1) is 31.1. The number of nitrogens with one attached hydrogen (secondary N) is 5. The molecular weight excluding hydrogens is 905 g/mol. The van der Waals surface area contributed by atoms with Crippen LogP contribution in [0.15, 0.2) is 0 Å². The number of carbonyl (C=O) groups is 8. The molecule has 2 atom stereocenters.